The zero-order valence-corrected chi connectivity index (χ0v) is 16.1. The third-order valence-corrected chi connectivity index (χ3v) is 5.59. The molecule has 0 aliphatic rings. The molecule has 0 aromatic heterocycles. The molecule has 3 N–H and O–H groups in total. The molecule has 0 radical (unpaired) electrons. The monoisotopic (exact) mass is 389 g/mol. The molecule has 2 rings (SSSR count). The fourth-order valence-corrected chi connectivity index (χ4v) is 3.59. The SMILES string of the molecule is COc1ccc(CN(Cc2ccc(OC)cc2)S(=O)(=O)C(N)=CC=N)cc1. The Balaban J connectivity index is 2.34. The second-order valence-electron chi connectivity index (χ2n) is 5.70. The summed E-state index contributed by atoms with van der Waals surface area (Å²) < 4.78 is 37.2. The van der Waals surface area contributed by atoms with Crippen molar-refractivity contribution in [2.45, 2.75) is 13.1 Å². The van der Waals surface area contributed by atoms with Crippen molar-refractivity contribution < 1.29 is 17.9 Å². The lowest BCUT2D eigenvalue weighted by atomic mass is 10.2. The van der Waals surface area contributed by atoms with Crippen molar-refractivity contribution in [2.24, 2.45) is 5.73 Å². The van der Waals surface area contributed by atoms with Crippen LogP contribution in [-0.2, 0) is 23.1 Å². The predicted octanol–water partition coefficient (Wildman–Crippen LogP) is 2.49. The molecule has 27 heavy (non-hydrogen) atoms. The molecule has 0 bridgehead atoms. The summed E-state index contributed by atoms with van der Waals surface area (Å²) in [5.74, 6) is 1.37. The second kappa shape index (κ2) is 9.20. The summed E-state index contributed by atoms with van der Waals surface area (Å²) in [4.78, 5) is 0. The number of nitrogens with two attached hydrogens (primary N) is 1. The number of ether oxygens (including phenoxy) is 2. The fourth-order valence-electron chi connectivity index (χ4n) is 2.41. The first-order chi connectivity index (χ1) is 12.9. The number of benzene rings is 2. The van der Waals surface area contributed by atoms with Crippen molar-refractivity contribution >= 4 is 16.2 Å². The van der Waals surface area contributed by atoms with E-state index in [0.29, 0.717) is 11.5 Å². The molecular weight excluding hydrogens is 366 g/mol. The Morgan fingerprint density at radius 1 is 0.963 bits per heavy atom. The first-order valence-corrected chi connectivity index (χ1v) is 9.57. The summed E-state index contributed by atoms with van der Waals surface area (Å²) in [6, 6.07) is 14.3. The molecule has 0 saturated heterocycles. The molecule has 0 amide bonds. The number of sulfonamides is 1. The normalized spacial score (nSPS) is 12.0. The van der Waals surface area contributed by atoms with Gasteiger partial charge in [0.25, 0.3) is 10.0 Å². The Morgan fingerprint density at radius 2 is 1.37 bits per heavy atom. The highest BCUT2D eigenvalue weighted by atomic mass is 32.2. The molecule has 8 heteroatoms. The van der Waals surface area contributed by atoms with Gasteiger partial charge in [0.05, 0.1) is 14.2 Å². The van der Waals surface area contributed by atoms with E-state index in [1.54, 1.807) is 62.8 Å². The van der Waals surface area contributed by atoms with E-state index in [2.05, 4.69) is 0 Å². The first-order valence-electron chi connectivity index (χ1n) is 8.13. The van der Waals surface area contributed by atoms with Gasteiger partial charge in [0.15, 0.2) is 0 Å². The molecule has 2 aromatic carbocycles. The molecule has 0 atom stereocenters. The van der Waals surface area contributed by atoms with E-state index >= 15 is 0 Å². The minimum Gasteiger partial charge on any atom is -0.497 e. The quantitative estimate of drug-likeness (QED) is 0.641. The highest BCUT2D eigenvalue weighted by Gasteiger charge is 2.25. The maximum absolute atomic E-state index is 12.9. The fraction of sp³-hybridized carbons (Fsp3) is 0.211. The van der Waals surface area contributed by atoms with Gasteiger partial charge in [0.2, 0.25) is 0 Å². The van der Waals surface area contributed by atoms with Gasteiger partial charge in [-0.2, -0.15) is 4.31 Å². The zero-order chi connectivity index (χ0) is 19.9. The van der Waals surface area contributed by atoms with Crippen LogP contribution in [0, 0.1) is 5.41 Å². The summed E-state index contributed by atoms with van der Waals surface area (Å²) in [5.41, 5.74) is 7.28. The lowest BCUT2D eigenvalue weighted by Gasteiger charge is -2.22. The van der Waals surface area contributed by atoms with Crippen LogP contribution >= 0.6 is 0 Å². The topological polar surface area (TPSA) is 106 Å². The molecule has 0 saturated carbocycles. The van der Waals surface area contributed by atoms with Gasteiger partial charge in [-0.25, -0.2) is 8.42 Å². The molecule has 0 heterocycles. The number of nitrogens with one attached hydrogen (secondary N) is 1. The Bertz CT molecular complexity index is 842. The van der Waals surface area contributed by atoms with Gasteiger partial charge < -0.3 is 20.6 Å². The Hall–Kier alpha value is -2.84. The van der Waals surface area contributed by atoms with Crippen molar-refractivity contribution in [1.29, 1.82) is 5.41 Å². The van der Waals surface area contributed by atoms with Gasteiger partial charge in [-0.15, -0.1) is 0 Å². The van der Waals surface area contributed by atoms with Gasteiger partial charge in [0, 0.05) is 19.3 Å². The van der Waals surface area contributed by atoms with Crippen LogP contribution < -0.4 is 15.2 Å². The molecule has 144 valence electrons. The van der Waals surface area contributed by atoms with E-state index in [1.165, 1.54) is 4.31 Å². The van der Waals surface area contributed by atoms with Crippen LogP contribution in [0.5, 0.6) is 11.5 Å². The number of allylic oxidation sites excluding steroid dienone is 1. The zero-order valence-electron chi connectivity index (χ0n) is 15.3. The minimum atomic E-state index is -3.93. The molecule has 0 unspecified atom stereocenters. The van der Waals surface area contributed by atoms with Gasteiger partial charge >= 0.3 is 0 Å². The molecule has 0 aliphatic carbocycles. The Kier molecular flexibility index (Phi) is 6.98. The average Bonchev–Trinajstić information content (AvgIpc) is 2.68. The lowest BCUT2D eigenvalue weighted by molar-refractivity contribution is 0.401. The van der Waals surface area contributed by atoms with E-state index in [9.17, 15) is 8.42 Å². The molecule has 0 aliphatic heterocycles. The highest BCUT2D eigenvalue weighted by Crippen LogP contribution is 2.21. The number of hydrogen-bond acceptors (Lipinski definition) is 6. The van der Waals surface area contributed by atoms with Crippen LogP contribution in [0.1, 0.15) is 11.1 Å². The third-order valence-electron chi connectivity index (χ3n) is 3.92. The van der Waals surface area contributed by atoms with Crippen molar-refractivity contribution in [3.63, 3.8) is 0 Å². The van der Waals surface area contributed by atoms with Gasteiger partial charge in [-0.05, 0) is 41.5 Å². The van der Waals surface area contributed by atoms with Gasteiger partial charge in [-0.3, -0.25) is 0 Å². The highest BCUT2D eigenvalue weighted by molar-refractivity contribution is 7.92. The largest absolute Gasteiger partial charge is 0.497 e. The van der Waals surface area contributed by atoms with Crippen LogP contribution in [0.2, 0.25) is 0 Å². The summed E-state index contributed by atoms with van der Waals surface area (Å²) >= 11 is 0. The second-order valence-corrected chi connectivity index (χ2v) is 7.64. The third kappa shape index (κ3) is 5.32. The van der Waals surface area contributed by atoms with E-state index < -0.39 is 10.0 Å². The average molecular weight is 389 g/mol. The van der Waals surface area contributed by atoms with Gasteiger partial charge in [-0.1, -0.05) is 24.3 Å². The first kappa shape index (κ1) is 20.5. The van der Waals surface area contributed by atoms with Crippen molar-refractivity contribution in [2.75, 3.05) is 14.2 Å². The number of rotatable bonds is 9. The smallest absolute Gasteiger partial charge is 0.258 e. The van der Waals surface area contributed by atoms with E-state index in [0.717, 1.165) is 23.4 Å². The van der Waals surface area contributed by atoms with Crippen LogP contribution in [-0.4, -0.2) is 33.2 Å². The standard InChI is InChI=1S/C19H23N3O4S/c1-25-17-7-3-15(4-8-17)13-22(27(23,24)19(21)11-12-20)14-16-5-9-18(26-2)10-6-16/h3-12,20H,13-14,21H2,1-2H3. The van der Waals surface area contributed by atoms with Crippen LogP contribution in [0.4, 0.5) is 0 Å². The predicted molar refractivity (Wildman–Crippen MR) is 105 cm³/mol. The van der Waals surface area contributed by atoms with Crippen LogP contribution in [0.25, 0.3) is 0 Å². The van der Waals surface area contributed by atoms with E-state index in [-0.39, 0.29) is 18.1 Å². The lowest BCUT2D eigenvalue weighted by Crippen LogP contribution is -2.33. The summed E-state index contributed by atoms with van der Waals surface area (Å²) in [5, 5.41) is 6.72. The summed E-state index contributed by atoms with van der Waals surface area (Å²) in [6.45, 7) is 0.260. The van der Waals surface area contributed by atoms with Crippen molar-refractivity contribution in [1.82, 2.24) is 4.31 Å². The van der Waals surface area contributed by atoms with Crippen LogP contribution in [0.15, 0.2) is 59.6 Å². The molecular formula is C19H23N3O4S. The Morgan fingerprint density at radius 3 is 1.70 bits per heavy atom. The van der Waals surface area contributed by atoms with Crippen LogP contribution in [0.3, 0.4) is 0 Å². The maximum Gasteiger partial charge on any atom is 0.258 e. The molecule has 0 fully saturated rings. The minimum absolute atomic E-state index is 0.130. The molecule has 0 spiro atoms. The van der Waals surface area contributed by atoms with E-state index in [1.807, 2.05) is 0 Å². The number of methoxy groups -OCH3 is 2. The molecule has 2 aromatic rings. The summed E-state index contributed by atoms with van der Waals surface area (Å²) in [7, 11) is -0.797. The number of hydrogen-bond donors (Lipinski definition) is 2. The van der Waals surface area contributed by atoms with Gasteiger partial charge in [0.1, 0.15) is 16.5 Å². The number of nitrogens with zero attached hydrogens (tertiary/aromatic N) is 1. The Labute approximate surface area is 159 Å². The van der Waals surface area contributed by atoms with Crippen molar-refractivity contribution in [3.05, 3.63) is 70.8 Å². The van der Waals surface area contributed by atoms with Crippen molar-refractivity contribution in [3.8, 4) is 11.5 Å². The van der Waals surface area contributed by atoms with E-state index in [4.69, 9.17) is 20.6 Å². The maximum atomic E-state index is 12.9. The summed E-state index contributed by atoms with van der Waals surface area (Å²) in [6.07, 6.45) is 1.91. The molecule has 7 nitrogen and oxygen atoms in total.